The highest BCUT2D eigenvalue weighted by atomic mass is 32.1. The van der Waals surface area contributed by atoms with Crippen molar-refractivity contribution in [2.75, 3.05) is 13.2 Å². The third kappa shape index (κ3) is 2.42. The molecule has 2 aromatic rings. The maximum atomic E-state index is 5.41. The van der Waals surface area contributed by atoms with E-state index >= 15 is 0 Å². The first-order chi connectivity index (χ1) is 8.43. The van der Waals surface area contributed by atoms with Gasteiger partial charge in [0.25, 0.3) is 0 Å². The van der Waals surface area contributed by atoms with Crippen molar-refractivity contribution >= 4 is 11.3 Å². The van der Waals surface area contributed by atoms with Crippen LogP contribution in [0.4, 0.5) is 0 Å². The Morgan fingerprint density at radius 1 is 1.53 bits per heavy atom. The number of ether oxygens (including phenoxy) is 1. The standard InChI is InChI=1S/C13H16N2OS/c1(11-2-7-16-9-11)5-15-6-4-14-13(15)12-3-8-17-10-12/h3-4,6,8,10-11H,1-2,5,7,9H2. The quantitative estimate of drug-likeness (QED) is 0.831. The summed E-state index contributed by atoms with van der Waals surface area (Å²) in [6.07, 6.45) is 6.36. The van der Waals surface area contributed by atoms with Crippen molar-refractivity contribution in [1.29, 1.82) is 0 Å². The Kier molecular flexibility index (Phi) is 3.25. The summed E-state index contributed by atoms with van der Waals surface area (Å²) in [6.45, 7) is 2.91. The number of imidazole rings is 1. The molecule has 0 amide bonds. The van der Waals surface area contributed by atoms with Crippen LogP contribution in [-0.4, -0.2) is 22.8 Å². The molecule has 0 aliphatic carbocycles. The molecule has 0 spiro atoms. The first kappa shape index (κ1) is 11.0. The first-order valence-electron chi connectivity index (χ1n) is 6.05. The molecule has 0 radical (unpaired) electrons. The number of hydrogen-bond donors (Lipinski definition) is 0. The highest BCUT2D eigenvalue weighted by Crippen LogP contribution is 2.22. The van der Waals surface area contributed by atoms with E-state index in [1.54, 1.807) is 11.3 Å². The fourth-order valence-corrected chi connectivity index (χ4v) is 2.91. The van der Waals surface area contributed by atoms with Gasteiger partial charge in [0, 0.05) is 43.1 Å². The smallest absolute Gasteiger partial charge is 0.140 e. The zero-order chi connectivity index (χ0) is 11.5. The fourth-order valence-electron chi connectivity index (χ4n) is 2.27. The lowest BCUT2D eigenvalue weighted by Gasteiger charge is -2.10. The SMILES string of the molecule is c1cn(CCC2CCOC2)c(-c2ccsc2)n1. The molecule has 2 aromatic heterocycles. The van der Waals surface area contributed by atoms with Crippen molar-refractivity contribution in [3.63, 3.8) is 0 Å². The number of hydrogen-bond acceptors (Lipinski definition) is 3. The average Bonchev–Trinajstić information content (AvgIpc) is 3.09. The zero-order valence-corrected chi connectivity index (χ0v) is 10.5. The van der Waals surface area contributed by atoms with Crippen molar-refractivity contribution in [3.8, 4) is 11.4 Å². The van der Waals surface area contributed by atoms with Gasteiger partial charge in [0.1, 0.15) is 5.82 Å². The predicted molar refractivity (Wildman–Crippen MR) is 69.1 cm³/mol. The highest BCUT2D eigenvalue weighted by Gasteiger charge is 2.16. The summed E-state index contributed by atoms with van der Waals surface area (Å²) in [5.41, 5.74) is 1.22. The van der Waals surface area contributed by atoms with Crippen LogP contribution in [0.25, 0.3) is 11.4 Å². The van der Waals surface area contributed by atoms with Crippen LogP contribution >= 0.6 is 11.3 Å². The molecule has 3 nitrogen and oxygen atoms in total. The second kappa shape index (κ2) is 5.02. The number of rotatable bonds is 4. The molecule has 1 fully saturated rings. The fraction of sp³-hybridized carbons (Fsp3) is 0.462. The van der Waals surface area contributed by atoms with Gasteiger partial charge in [-0.25, -0.2) is 4.98 Å². The largest absolute Gasteiger partial charge is 0.381 e. The Balaban J connectivity index is 1.69. The van der Waals surface area contributed by atoms with Gasteiger partial charge >= 0.3 is 0 Å². The molecular formula is C13H16N2OS. The lowest BCUT2D eigenvalue weighted by atomic mass is 10.1. The summed E-state index contributed by atoms with van der Waals surface area (Å²) in [5, 5.41) is 4.25. The zero-order valence-electron chi connectivity index (χ0n) is 9.71. The van der Waals surface area contributed by atoms with Crippen LogP contribution in [0.1, 0.15) is 12.8 Å². The summed E-state index contributed by atoms with van der Waals surface area (Å²) in [6, 6.07) is 2.13. The minimum absolute atomic E-state index is 0.729. The van der Waals surface area contributed by atoms with Gasteiger partial charge in [0.15, 0.2) is 0 Å². The third-order valence-electron chi connectivity index (χ3n) is 3.30. The van der Waals surface area contributed by atoms with Gasteiger partial charge in [-0.05, 0) is 30.2 Å². The maximum absolute atomic E-state index is 5.41. The Morgan fingerprint density at radius 3 is 3.29 bits per heavy atom. The molecule has 4 heteroatoms. The topological polar surface area (TPSA) is 27.1 Å². The van der Waals surface area contributed by atoms with Gasteiger partial charge in [-0.3, -0.25) is 0 Å². The molecule has 17 heavy (non-hydrogen) atoms. The summed E-state index contributed by atoms with van der Waals surface area (Å²) in [7, 11) is 0. The normalized spacial score (nSPS) is 19.9. The van der Waals surface area contributed by atoms with Crippen LogP contribution < -0.4 is 0 Å². The molecule has 0 bridgehead atoms. The van der Waals surface area contributed by atoms with E-state index in [0.29, 0.717) is 0 Å². The Morgan fingerprint density at radius 2 is 2.53 bits per heavy atom. The Labute approximate surface area is 105 Å². The minimum atomic E-state index is 0.729. The molecule has 90 valence electrons. The molecule has 3 heterocycles. The molecule has 1 saturated heterocycles. The van der Waals surface area contributed by atoms with Gasteiger partial charge in [-0.15, -0.1) is 0 Å². The van der Waals surface area contributed by atoms with E-state index < -0.39 is 0 Å². The number of thiophene rings is 1. The molecule has 0 saturated carbocycles. The van der Waals surface area contributed by atoms with Crippen molar-refractivity contribution < 1.29 is 4.74 Å². The maximum Gasteiger partial charge on any atom is 0.140 e. The van der Waals surface area contributed by atoms with Gasteiger partial charge in [-0.2, -0.15) is 11.3 Å². The lowest BCUT2D eigenvalue weighted by Crippen LogP contribution is -2.06. The molecule has 1 aliphatic heterocycles. The molecule has 0 N–H and O–H groups in total. The number of aromatic nitrogens is 2. The molecular weight excluding hydrogens is 232 g/mol. The van der Waals surface area contributed by atoms with E-state index in [4.69, 9.17) is 4.74 Å². The van der Waals surface area contributed by atoms with Crippen LogP contribution in [0.5, 0.6) is 0 Å². The Bertz CT molecular complexity index is 457. The van der Waals surface area contributed by atoms with E-state index in [-0.39, 0.29) is 0 Å². The molecule has 3 rings (SSSR count). The summed E-state index contributed by atoms with van der Waals surface area (Å²) < 4.78 is 7.66. The van der Waals surface area contributed by atoms with E-state index in [1.807, 2.05) is 6.20 Å². The minimum Gasteiger partial charge on any atom is -0.381 e. The van der Waals surface area contributed by atoms with Gasteiger partial charge in [-0.1, -0.05) is 0 Å². The Hall–Kier alpha value is -1.13. The third-order valence-corrected chi connectivity index (χ3v) is 3.98. The molecule has 0 aromatic carbocycles. The number of nitrogens with zero attached hydrogens (tertiary/aromatic N) is 2. The van der Waals surface area contributed by atoms with Crippen LogP contribution in [0.15, 0.2) is 29.2 Å². The van der Waals surface area contributed by atoms with Crippen molar-refractivity contribution in [3.05, 3.63) is 29.2 Å². The predicted octanol–water partition coefficient (Wildman–Crippen LogP) is 3.04. The highest BCUT2D eigenvalue weighted by molar-refractivity contribution is 7.08. The second-order valence-electron chi connectivity index (χ2n) is 4.47. The van der Waals surface area contributed by atoms with Crippen LogP contribution in [0, 0.1) is 5.92 Å². The number of aryl methyl sites for hydroxylation is 1. The lowest BCUT2D eigenvalue weighted by molar-refractivity contribution is 0.183. The van der Waals surface area contributed by atoms with Crippen LogP contribution in [-0.2, 0) is 11.3 Å². The van der Waals surface area contributed by atoms with Crippen LogP contribution in [0.3, 0.4) is 0 Å². The van der Waals surface area contributed by atoms with Crippen molar-refractivity contribution in [2.45, 2.75) is 19.4 Å². The van der Waals surface area contributed by atoms with Crippen molar-refractivity contribution in [1.82, 2.24) is 9.55 Å². The van der Waals surface area contributed by atoms with Crippen LogP contribution in [0.2, 0.25) is 0 Å². The molecule has 1 atom stereocenters. The van der Waals surface area contributed by atoms with E-state index in [1.165, 1.54) is 18.4 Å². The average molecular weight is 248 g/mol. The summed E-state index contributed by atoms with van der Waals surface area (Å²) in [5.74, 6) is 1.82. The van der Waals surface area contributed by atoms with Gasteiger partial charge < -0.3 is 9.30 Å². The van der Waals surface area contributed by atoms with E-state index in [0.717, 1.165) is 31.5 Å². The first-order valence-corrected chi connectivity index (χ1v) is 6.99. The summed E-state index contributed by atoms with van der Waals surface area (Å²) in [4.78, 5) is 4.44. The van der Waals surface area contributed by atoms with Crippen molar-refractivity contribution in [2.24, 2.45) is 5.92 Å². The van der Waals surface area contributed by atoms with E-state index in [2.05, 4.69) is 32.6 Å². The molecule has 1 unspecified atom stereocenters. The van der Waals surface area contributed by atoms with Gasteiger partial charge in [0.05, 0.1) is 0 Å². The van der Waals surface area contributed by atoms with Gasteiger partial charge in [0.2, 0.25) is 0 Å². The second-order valence-corrected chi connectivity index (χ2v) is 5.25. The van der Waals surface area contributed by atoms with E-state index in [9.17, 15) is 0 Å². The molecule has 1 aliphatic rings. The summed E-state index contributed by atoms with van der Waals surface area (Å²) >= 11 is 1.72. The monoisotopic (exact) mass is 248 g/mol.